The number of nitrogens with one attached hydrogen (secondary N) is 2. The van der Waals surface area contributed by atoms with Crippen molar-refractivity contribution in [2.24, 2.45) is 0 Å². The summed E-state index contributed by atoms with van der Waals surface area (Å²) in [6.07, 6.45) is 0. The van der Waals surface area contributed by atoms with E-state index in [9.17, 15) is 9.18 Å². The monoisotopic (exact) mass is 334 g/mol. The van der Waals surface area contributed by atoms with Crippen molar-refractivity contribution in [1.29, 1.82) is 0 Å². The first-order valence-corrected chi connectivity index (χ1v) is 6.97. The van der Waals surface area contributed by atoms with Gasteiger partial charge in [-0.3, -0.25) is 4.79 Å². The molecule has 0 aliphatic carbocycles. The van der Waals surface area contributed by atoms with Crippen molar-refractivity contribution in [3.63, 3.8) is 0 Å². The van der Waals surface area contributed by atoms with Crippen molar-refractivity contribution in [2.75, 3.05) is 10.6 Å². The first kappa shape index (κ1) is 13.1. The molecule has 0 aromatic heterocycles. The molecule has 0 saturated heterocycles. The van der Waals surface area contributed by atoms with Crippen LogP contribution in [0.15, 0.2) is 40.9 Å². The average Bonchev–Trinajstić information content (AvgIpc) is 2.72. The molecule has 0 fully saturated rings. The number of benzene rings is 2. The number of aryl methyl sites for hydroxylation is 1. The highest BCUT2D eigenvalue weighted by Gasteiger charge is 2.32. The molecule has 0 spiro atoms. The largest absolute Gasteiger partial charge is 0.370 e. The molecule has 20 heavy (non-hydrogen) atoms. The third-order valence-electron chi connectivity index (χ3n) is 3.36. The van der Waals surface area contributed by atoms with Crippen LogP contribution in [0.5, 0.6) is 0 Å². The topological polar surface area (TPSA) is 41.1 Å². The van der Waals surface area contributed by atoms with Gasteiger partial charge in [0, 0.05) is 21.4 Å². The van der Waals surface area contributed by atoms with Gasteiger partial charge in [0.15, 0.2) is 0 Å². The van der Waals surface area contributed by atoms with Crippen molar-refractivity contribution in [3.8, 4) is 0 Å². The minimum atomic E-state index is -0.527. The Bertz CT molecular complexity index is 702. The summed E-state index contributed by atoms with van der Waals surface area (Å²) in [5.41, 5.74) is 3.13. The highest BCUT2D eigenvalue weighted by atomic mass is 79.9. The molecule has 1 unspecified atom stereocenters. The Morgan fingerprint density at radius 2 is 2.10 bits per heavy atom. The van der Waals surface area contributed by atoms with Gasteiger partial charge in [0.2, 0.25) is 0 Å². The fourth-order valence-electron chi connectivity index (χ4n) is 2.32. The van der Waals surface area contributed by atoms with E-state index in [1.165, 1.54) is 12.1 Å². The number of fused-ring (bicyclic) bond motifs is 1. The smallest absolute Gasteiger partial charge is 0.251 e. The van der Waals surface area contributed by atoms with Crippen LogP contribution < -0.4 is 10.6 Å². The Hall–Kier alpha value is -1.88. The summed E-state index contributed by atoms with van der Waals surface area (Å²) < 4.78 is 14.2. The normalized spacial score (nSPS) is 16.8. The number of amides is 1. The fourth-order valence-corrected chi connectivity index (χ4v) is 2.91. The van der Waals surface area contributed by atoms with Gasteiger partial charge in [-0.2, -0.15) is 0 Å². The summed E-state index contributed by atoms with van der Waals surface area (Å²) in [5, 5.41) is 5.93. The average molecular weight is 335 g/mol. The summed E-state index contributed by atoms with van der Waals surface area (Å²) in [6.45, 7) is 1.87. The SMILES string of the molecule is Cc1ccc(F)cc1NC1C(=O)Nc2cccc(Br)c21. The van der Waals surface area contributed by atoms with E-state index in [2.05, 4.69) is 26.6 Å². The number of carbonyl (C=O) groups excluding carboxylic acids is 1. The third-order valence-corrected chi connectivity index (χ3v) is 4.05. The van der Waals surface area contributed by atoms with E-state index >= 15 is 0 Å². The van der Waals surface area contributed by atoms with Gasteiger partial charge in [-0.15, -0.1) is 0 Å². The second-order valence-corrected chi connectivity index (χ2v) is 5.58. The zero-order valence-electron chi connectivity index (χ0n) is 10.7. The molecule has 2 aromatic rings. The molecule has 1 amide bonds. The molecule has 3 rings (SSSR count). The van der Waals surface area contributed by atoms with E-state index in [1.54, 1.807) is 6.07 Å². The summed E-state index contributed by atoms with van der Waals surface area (Å²) >= 11 is 3.46. The first-order valence-electron chi connectivity index (χ1n) is 6.18. The zero-order chi connectivity index (χ0) is 14.3. The molecular formula is C15H12BrFN2O. The summed E-state index contributed by atoms with van der Waals surface area (Å²) in [5.74, 6) is -0.473. The second-order valence-electron chi connectivity index (χ2n) is 4.73. The Morgan fingerprint density at radius 3 is 2.90 bits per heavy atom. The standard InChI is InChI=1S/C15H12BrFN2O/c1-8-5-6-9(17)7-12(8)18-14-13-10(16)3-2-4-11(13)19-15(14)20/h2-7,14,18H,1H3,(H,19,20). The lowest BCUT2D eigenvalue weighted by atomic mass is 10.1. The van der Waals surface area contributed by atoms with Crippen molar-refractivity contribution in [1.82, 2.24) is 0 Å². The van der Waals surface area contributed by atoms with Crippen LogP contribution >= 0.6 is 15.9 Å². The van der Waals surface area contributed by atoms with Gasteiger partial charge < -0.3 is 10.6 Å². The van der Waals surface area contributed by atoms with Gasteiger partial charge in [0.1, 0.15) is 11.9 Å². The molecule has 3 nitrogen and oxygen atoms in total. The predicted molar refractivity (Wildman–Crippen MR) is 80.3 cm³/mol. The Morgan fingerprint density at radius 1 is 1.30 bits per heavy atom. The van der Waals surface area contributed by atoms with E-state index < -0.39 is 6.04 Å². The lowest BCUT2D eigenvalue weighted by Gasteiger charge is -2.16. The highest BCUT2D eigenvalue weighted by Crippen LogP contribution is 2.38. The molecule has 0 bridgehead atoms. The minimum absolute atomic E-state index is 0.143. The van der Waals surface area contributed by atoms with Crippen LogP contribution in [0.25, 0.3) is 0 Å². The Labute approximate surface area is 124 Å². The second kappa shape index (κ2) is 4.90. The van der Waals surface area contributed by atoms with Gasteiger partial charge in [-0.05, 0) is 36.8 Å². The minimum Gasteiger partial charge on any atom is -0.370 e. The lowest BCUT2D eigenvalue weighted by molar-refractivity contribution is -0.116. The molecule has 1 aliphatic rings. The molecule has 2 aromatic carbocycles. The van der Waals surface area contributed by atoms with E-state index in [0.29, 0.717) is 5.69 Å². The summed E-state index contributed by atoms with van der Waals surface area (Å²) in [4.78, 5) is 12.1. The van der Waals surface area contributed by atoms with Crippen molar-refractivity contribution in [3.05, 3.63) is 57.8 Å². The van der Waals surface area contributed by atoms with E-state index in [1.807, 2.05) is 25.1 Å². The predicted octanol–water partition coefficient (Wildman–Crippen LogP) is 4.00. The molecule has 0 saturated carbocycles. The maximum Gasteiger partial charge on any atom is 0.251 e. The summed E-state index contributed by atoms with van der Waals surface area (Å²) in [7, 11) is 0. The fraction of sp³-hybridized carbons (Fsp3) is 0.133. The first-order chi connectivity index (χ1) is 9.56. The van der Waals surface area contributed by atoms with E-state index in [0.717, 1.165) is 21.3 Å². The van der Waals surface area contributed by atoms with Crippen molar-refractivity contribution in [2.45, 2.75) is 13.0 Å². The maximum absolute atomic E-state index is 13.3. The third kappa shape index (κ3) is 2.18. The molecule has 1 aliphatic heterocycles. The van der Waals surface area contributed by atoms with E-state index in [-0.39, 0.29) is 11.7 Å². The van der Waals surface area contributed by atoms with Crippen LogP contribution in [-0.4, -0.2) is 5.91 Å². The van der Waals surface area contributed by atoms with Crippen LogP contribution in [0.1, 0.15) is 17.2 Å². The van der Waals surface area contributed by atoms with E-state index in [4.69, 9.17) is 0 Å². The number of rotatable bonds is 2. The number of hydrogen-bond acceptors (Lipinski definition) is 2. The van der Waals surface area contributed by atoms with Crippen LogP contribution in [0.4, 0.5) is 15.8 Å². The van der Waals surface area contributed by atoms with Gasteiger partial charge in [-0.25, -0.2) is 4.39 Å². The van der Waals surface area contributed by atoms with Crippen LogP contribution in [-0.2, 0) is 4.79 Å². The number of anilines is 2. The van der Waals surface area contributed by atoms with Crippen LogP contribution in [0.2, 0.25) is 0 Å². The number of carbonyl (C=O) groups is 1. The molecule has 102 valence electrons. The molecule has 0 radical (unpaired) electrons. The Balaban J connectivity index is 2.00. The van der Waals surface area contributed by atoms with Gasteiger partial charge in [-0.1, -0.05) is 28.1 Å². The Kier molecular flexibility index (Phi) is 3.22. The van der Waals surface area contributed by atoms with Crippen molar-refractivity contribution < 1.29 is 9.18 Å². The van der Waals surface area contributed by atoms with Crippen LogP contribution in [0.3, 0.4) is 0 Å². The zero-order valence-corrected chi connectivity index (χ0v) is 12.3. The van der Waals surface area contributed by atoms with Gasteiger partial charge >= 0.3 is 0 Å². The molecular weight excluding hydrogens is 323 g/mol. The number of hydrogen-bond donors (Lipinski definition) is 2. The van der Waals surface area contributed by atoms with Gasteiger partial charge in [0.05, 0.1) is 0 Å². The number of halogens is 2. The molecule has 5 heteroatoms. The maximum atomic E-state index is 13.3. The molecule has 1 atom stereocenters. The molecule has 1 heterocycles. The van der Waals surface area contributed by atoms with Crippen LogP contribution in [0, 0.1) is 12.7 Å². The van der Waals surface area contributed by atoms with Gasteiger partial charge in [0.25, 0.3) is 5.91 Å². The summed E-state index contributed by atoms with van der Waals surface area (Å²) in [6, 6.07) is 9.55. The molecule has 2 N–H and O–H groups in total. The van der Waals surface area contributed by atoms with Crippen molar-refractivity contribution >= 4 is 33.2 Å². The quantitative estimate of drug-likeness (QED) is 0.871. The highest BCUT2D eigenvalue weighted by molar-refractivity contribution is 9.10. The lowest BCUT2D eigenvalue weighted by Crippen LogP contribution is -2.20.